The van der Waals surface area contributed by atoms with E-state index in [0.717, 1.165) is 0 Å². The summed E-state index contributed by atoms with van der Waals surface area (Å²) in [5, 5.41) is 0. The van der Waals surface area contributed by atoms with Crippen LogP contribution in [0.4, 0.5) is 8.78 Å². The zero-order valence-electron chi connectivity index (χ0n) is 16.0. The molecule has 1 aliphatic carbocycles. The molecule has 0 radical (unpaired) electrons. The first-order valence-electron chi connectivity index (χ1n) is 9.18. The molecule has 152 valence electrons. The van der Waals surface area contributed by atoms with Gasteiger partial charge < -0.3 is 15.2 Å². The lowest BCUT2D eigenvalue weighted by molar-refractivity contribution is -0.122. The van der Waals surface area contributed by atoms with E-state index in [4.69, 9.17) is 15.2 Å². The summed E-state index contributed by atoms with van der Waals surface area (Å²) in [7, 11) is 0. The highest BCUT2D eigenvalue weighted by molar-refractivity contribution is 5.93. The van der Waals surface area contributed by atoms with Gasteiger partial charge in [0.1, 0.15) is 11.4 Å². The number of rotatable bonds is 6. The Bertz CT molecular complexity index is 1090. The lowest BCUT2D eigenvalue weighted by Crippen LogP contribution is -2.48. The third-order valence-electron chi connectivity index (χ3n) is 4.94. The Kier molecular flexibility index (Phi) is 4.40. The number of primary amides is 1. The van der Waals surface area contributed by atoms with Crippen molar-refractivity contribution in [1.82, 2.24) is 14.4 Å². The van der Waals surface area contributed by atoms with Crippen molar-refractivity contribution >= 4 is 11.6 Å². The molecule has 1 saturated carbocycles. The molecule has 7 nitrogen and oxygen atoms in total. The Morgan fingerprint density at radius 2 is 2.07 bits per heavy atom. The van der Waals surface area contributed by atoms with Gasteiger partial charge >= 0.3 is 0 Å². The van der Waals surface area contributed by atoms with Crippen LogP contribution in [0.25, 0.3) is 5.65 Å². The SMILES string of the molecule is CCOc1cccnc1Oc1ccc2nc(C(N)=O)c(C3(C)CC(F)(F)C3)n2c1. The van der Waals surface area contributed by atoms with Crippen LogP contribution in [-0.2, 0) is 5.41 Å². The summed E-state index contributed by atoms with van der Waals surface area (Å²) in [6.07, 6.45) is 2.40. The van der Waals surface area contributed by atoms with E-state index in [1.54, 1.807) is 48.0 Å². The highest BCUT2D eigenvalue weighted by atomic mass is 19.3. The van der Waals surface area contributed by atoms with Crippen LogP contribution in [0.2, 0.25) is 0 Å². The maximum atomic E-state index is 13.6. The van der Waals surface area contributed by atoms with Crippen LogP contribution in [0, 0.1) is 0 Å². The molecule has 1 aliphatic rings. The maximum Gasteiger partial charge on any atom is 0.269 e. The summed E-state index contributed by atoms with van der Waals surface area (Å²) < 4.78 is 40.2. The van der Waals surface area contributed by atoms with E-state index in [-0.39, 0.29) is 24.4 Å². The number of halogens is 2. The number of ether oxygens (including phenoxy) is 2. The zero-order valence-corrected chi connectivity index (χ0v) is 16.0. The number of imidazole rings is 1. The number of nitrogens with zero attached hydrogens (tertiary/aromatic N) is 3. The van der Waals surface area contributed by atoms with Gasteiger partial charge in [0.15, 0.2) is 11.4 Å². The van der Waals surface area contributed by atoms with E-state index < -0.39 is 17.2 Å². The second kappa shape index (κ2) is 6.68. The van der Waals surface area contributed by atoms with E-state index >= 15 is 0 Å². The minimum Gasteiger partial charge on any atom is -0.488 e. The van der Waals surface area contributed by atoms with Gasteiger partial charge in [-0.3, -0.25) is 9.20 Å². The van der Waals surface area contributed by atoms with Crippen LogP contribution in [0.15, 0.2) is 36.7 Å². The van der Waals surface area contributed by atoms with Gasteiger partial charge in [-0.25, -0.2) is 18.7 Å². The van der Waals surface area contributed by atoms with Gasteiger partial charge in [0.2, 0.25) is 5.92 Å². The van der Waals surface area contributed by atoms with Gasteiger partial charge in [-0.05, 0) is 31.2 Å². The van der Waals surface area contributed by atoms with Crippen molar-refractivity contribution in [3.05, 3.63) is 48.0 Å². The molecule has 3 heterocycles. The average Bonchev–Trinajstić information content (AvgIpc) is 3.01. The Morgan fingerprint density at radius 3 is 2.72 bits per heavy atom. The fourth-order valence-electron chi connectivity index (χ4n) is 3.92. The number of hydrogen-bond acceptors (Lipinski definition) is 5. The first-order chi connectivity index (χ1) is 13.7. The molecule has 1 amide bonds. The molecule has 0 aliphatic heterocycles. The van der Waals surface area contributed by atoms with E-state index in [0.29, 0.717) is 29.4 Å². The first-order valence-corrected chi connectivity index (χ1v) is 9.18. The molecule has 0 aromatic carbocycles. The Morgan fingerprint density at radius 1 is 1.31 bits per heavy atom. The highest BCUT2D eigenvalue weighted by Gasteiger charge is 2.56. The molecule has 9 heteroatoms. The molecule has 3 aromatic rings. The fourth-order valence-corrected chi connectivity index (χ4v) is 3.92. The van der Waals surface area contributed by atoms with E-state index in [1.165, 1.54) is 0 Å². The van der Waals surface area contributed by atoms with E-state index in [9.17, 15) is 13.6 Å². The number of carbonyl (C=O) groups excluding carboxylic acids is 1. The second-order valence-electron chi connectivity index (χ2n) is 7.38. The molecule has 0 bridgehead atoms. The van der Waals surface area contributed by atoms with Crippen molar-refractivity contribution in [3.63, 3.8) is 0 Å². The normalized spacial score (nSPS) is 17.0. The minimum atomic E-state index is -2.78. The molecule has 1 fully saturated rings. The number of aromatic nitrogens is 3. The Hall–Kier alpha value is -3.23. The largest absolute Gasteiger partial charge is 0.488 e. The van der Waals surface area contributed by atoms with Crippen molar-refractivity contribution in [1.29, 1.82) is 0 Å². The van der Waals surface area contributed by atoms with Crippen LogP contribution in [0.1, 0.15) is 42.9 Å². The van der Waals surface area contributed by atoms with Gasteiger partial charge in [0, 0.05) is 24.5 Å². The van der Waals surface area contributed by atoms with Crippen LogP contribution in [-0.4, -0.2) is 32.8 Å². The van der Waals surface area contributed by atoms with Gasteiger partial charge in [0.25, 0.3) is 11.8 Å². The highest BCUT2D eigenvalue weighted by Crippen LogP contribution is 2.54. The van der Waals surface area contributed by atoms with Crippen LogP contribution < -0.4 is 15.2 Å². The van der Waals surface area contributed by atoms with Crippen molar-refractivity contribution in [2.45, 2.75) is 38.0 Å². The number of pyridine rings is 2. The number of carbonyl (C=O) groups is 1. The number of fused-ring (bicyclic) bond motifs is 1. The molecule has 0 unspecified atom stereocenters. The molecule has 29 heavy (non-hydrogen) atoms. The van der Waals surface area contributed by atoms with E-state index in [2.05, 4.69) is 9.97 Å². The molecule has 2 N–H and O–H groups in total. The van der Waals surface area contributed by atoms with Crippen molar-refractivity contribution < 1.29 is 23.0 Å². The molecule has 4 rings (SSSR count). The summed E-state index contributed by atoms with van der Waals surface area (Å²) in [4.78, 5) is 20.4. The van der Waals surface area contributed by atoms with E-state index in [1.807, 2.05) is 6.92 Å². The average molecular weight is 402 g/mol. The maximum absolute atomic E-state index is 13.6. The zero-order chi connectivity index (χ0) is 20.8. The standard InChI is InChI=1S/C20H20F2N4O3/c1-3-28-13-5-4-8-24-18(13)29-12-6-7-14-25-15(17(23)27)16(26(14)9-12)19(2)10-20(21,22)11-19/h4-9H,3,10-11H2,1-2H3,(H2,23,27). The predicted octanol–water partition coefficient (Wildman–Crippen LogP) is 3.71. The van der Waals surface area contributed by atoms with Crippen LogP contribution in [0.3, 0.4) is 0 Å². The monoisotopic (exact) mass is 402 g/mol. The third kappa shape index (κ3) is 3.37. The number of amides is 1. The van der Waals surface area contributed by atoms with Gasteiger partial charge in [-0.1, -0.05) is 6.92 Å². The summed E-state index contributed by atoms with van der Waals surface area (Å²) in [6.45, 7) is 3.97. The van der Waals surface area contributed by atoms with Crippen molar-refractivity contribution in [2.24, 2.45) is 5.73 Å². The van der Waals surface area contributed by atoms with Crippen molar-refractivity contribution in [3.8, 4) is 17.4 Å². The summed E-state index contributed by atoms with van der Waals surface area (Å²) in [5.74, 6) is -2.40. The number of alkyl halides is 2. The number of nitrogens with two attached hydrogens (primary N) is 1. The number of hydrogen-bond donors (Lipinski definition) is 1. The Balaban J connectivity index is 1.78. The van der Waals surface area contributed by atoms with Gasteiger partial charge in [-0.2, -0.15) is 0 Å². The lowest BCUT2D eigenvalue weighted by atomic mass is 9.65. The topological polar surface area (TPSA) is 91.7 Å². The smallest absolute Gasteiger partial charge is 0.269 e. The third-order valence-corrected chi connectivity index (χ3v) is 4.94. The molecular formula is C20H20F2N4O3. The predicted molar refractivity (Wildman–Crippen MR) is 101 cm³/mol. The molecule has 0 atom stereocenters. The molecular weight excluding hydrogens is 382 g/mol. The minimum absolute atomic E-state index is 0.00649. The first kappa shape index (κ1) is 19.1. The Labute approximate surface area is 165 Å². The second-order valence-corrected chi connectivity index (χ2v) is 7.38. The summed E-state index contributed by atoms with van der Waals surface area (Å²) in [6, 6.07) is 6.75. The van der Waals surface area contributed by atoms with Gasteiger partial charge in [0.05, 0.1) is 18.5 Å². The van der Waals surface area contributed by atoms with Crippen LogP contribution >= 0.6 is 0 Å². The van der Waals surface area contributed by atoms with Gasteiger partial charge in [-0.15, -0.1) is 0 Å². The lowest BCUT2D eigenvalue weighted by Gasteiger charge is -2.44. The molecule has 0 saturated heterocycles. The van der Waals surface area contributed by atoms with Crippen LogP contribution in [0.5, 0.6) is 17.4 Å². The summed E-state index contributed by atoms with van der Waals surface area (Å²) in [5.41, 5.74) is 5.33. The molecule has 3 aromatic heterocycles. The quantitative estimate of drug-likeness (QED) is 0.679. The van der Waals surface area contributed by atoms with Crippen molar-refractivity contribution in [2.75, 3.05) is 6.61 Å². The summed E-state index contributed by atoms with van der Waals surface area (Å²) >= 11 is 0. The fraction of sp³-hybridized carbons (Fsp3) is 0.350. The molecule has 0 spiro atoms.